The fourth-order valence-corrected chi connectivity index (χ4v) is 2.40. The number of aliphatic hydroxyl groups excluding tert-OH is 1. The van der Waals surface area contributed by atoms with Gasteiger partial charge in [0.2, 0.25) is 0 Å². The van der Waals surface area contributed by atoms with Crippen LogP contribution in [0.1, 0.15) is 47.5 Å². The van der Waals surface area contributed by atoms with Gasteiger partial charge in [0.25, 0.3) is 0 Å². The van der Waals surface area contributed by atoms with Crippen LogP contribution in [-0.2, 0) is 0 Å². The molecule has 0 aromatic heterocycles. The maximum atomic E-state index is 9.37. The first kappa shape index (κ1) is 15.3. The van der Waals surface area contributed by atoms with Crippen molar-refractivity contribution < 1.29 is 5.11 Å². The Bertz CT molecular complexity index is 167. The van der Waals surface area contributed by atoms with Crippen molar-refractivity contribution in [1.82, 2.24) is 5.32 Å². The molecule has 92 valence electrons. The molecule has 0 bridgehead atoms. The van der Waals surface area contributed by atoms with E-state index in [9.17, 15) is 5.11 Å². The molecule has 0 radical (unpaired) electrons. The number of nitrogens with one attached hydrogen (secondary N) is 1. The van der Waals surface area contributed by atoms with E-state index in [4.69, 9.17) is 0 Å². The number of hydrogen-bond acceptors (Lipinski definition) is 3. The summed E-state index contributed by atoms with van der Waals surface area (Å²) < 4.78 is 0.321. The van der Waals surface area contributed by atoms with Gasteiger partial charge in [0.15, 0.2) is 0 Å². The molecule has 0 aliphatic rings. The summed E-state index contributed by atoms with van der Waals surface area (Å²) >= 11 is 1.96. The number of rotatable bonds is 7. The minimum Gasteiger partial charge on any atom is -0.394 e. The highest BCUT2D eigenvalue weighted by molar-refractivity contribution is 8.00. The largest absolute Gasteiger partial charge is 0.394 e. The molecule has 15 heavy (non-hydrogen) atoms. The van der Waals surface area contributed by atoms with Gasteiger partial charge in [-0.15, -0.1) is 0 Å². The van der Waals surface area contributed by atoms with Crippen LogP contribution in [0.5, 0.6) is 0 Å². The van der Waals surface area contributed by atoms with Crippen LogP contribution in [0.2, 0.25) is 0 Å². The average Bonchev–Trinajstić information content (AvgIpc) is 2.13. The highest BCUT2D eigenvalue weighted by Crippen LogP contribution is 2.25. The molecule has 0 saturated carbocycles. The zero-order chi connectivity index (χ0) is 11.9. The van der Waals surface area contributed by atoms with Gasteiger partial charge in [-0.1, -0.05) is 27.7 Å². The molecular formula is C12H27NOS. The first-order valence-corrected chi connectivity index (χ1v) is 6.81. The summed E-state index contributed by atoms with van der Waals surface area (Å²) in [6.07, 6.45) is 2.13. The number of hydrogen-bond donors (Lipinski definition) is 2. The van der Waals surface area contributed by atoms with Crippen LogP contribution >= 0.6 is 11.8 Å². The molecule has 0 aliphatic heterocycles. The lowest BCUT2D eigenvalue weighted by atomic mass is 10.0. The van der Waals surface area contributed by atoms with Crippen LogP contribution in [-0.4, -0.2) is 34.3 Å². The van der Waals surface area contributed by atoms with Crippen molar-refractivity contribution in [3.8, 4) is 0 Å². The Morgan fingerprint density at radius 3 is 2.20 bits per heavy atom. The molecule has 0 rings (SSSR count). The van der Waals surface area contributed by atoms with Crippen molar-refractivity contribution in [2.24, 2.45) is 0 Å². The normalized spacial score (nSPS) is 16.4. The van der Waals surface area contributed by atoms with Gasteiger partial charge in [-0.2, -0.15) is 11.8 Å². The molecule has 0 fully saturated rings. The molecule has 0 spiro atoms. The second-order valence-corrected chi connectivity index (χ2v) is 7.28. The van der Waals surface area contributed by atoms with E-state index in [0.717, 1.165) is 25.1 Å². The Morgan fingerprint density at radius 2 is 1.80 bits per heavy atom. The van der Waals surface area contributed by atoms with E-state index in [1.165, 1.54) is 0 Å². The molecule has 1 unspecified atom stereocenters. The van der Waals surface area contributed by atoms with Crippen molar-refractivity contribution in [2.75, 3.05) is 18.9 Å². The SMILES string of the molecule is CCCNC(C)(CO)CCSC(C)(C)C. The lowest BCUT2D eigenvalue weighted by Gasteiger charge is -2.30. The molecule has 0 aliphatic carbocycles. The van der Waals surface area contributed by atoms with Gasteiger partial charge in [-0.25, -0.2) is 0 Å². The molecule has 0 saturated heterocycles. The second-order valence-electron chi connectivity index (χ2n) is 5.36. The summed E-state index contributed by atoms with van der Waals surface area (Å²) in [7, 11) is 0. The smallest absolute Gasteiger partial charge is 0.0610 e. The number of thioether (sulfide) groups is 1. The molecule has 0 amide bonds. The minimum atomic E-state index is -0.103. The molecular weight excluding hydrogens is 206 g/mol. The van der Waals surface area contributed by atoms with E-state index in [-0.39, 0.29) is 12.1 Å². The second kappa shape index (κ2) is 6.77. The van der Waals surface area contributed by atoms with Crippen molar-refractivity contribution in [3.63, 3.8) is 0 Å². The van der Waals surface area contributed by atoms with Gasteiger partial charge in [0, 0.05) is 10.3 Å². The summed E-state index contributed by atoms with van der Waals surface area (Å²) in [5, 5.41) is 12.8. The Morgan fingerprint density at radius 1 is 1.20 bits per heavy atom. The van der Waals surface area contributed by atoms with Gasteiger partial charge < -0.3 is 10.4 Å². The summed E-state index contributed by atoms with van der Waals surface area (Å²) in [6, 6.07) is 0. The van der Waals surface area contributed by atoms with Gasteiger partial charge in [0.1, 0.15) is 0 Å². The van der Waals surface area contributed by atoms with Crippen molar-refractivity contribution in [1.29, 1.82) is 0 Å². The highest BCUT2D eigenvalue weighted by Gasteiger charge is 2.22. The molecule has 2 nitrogen and oxygen atoms in total. The first-order chi connectivity index (χ1) is 6.83. The lowest BCUT2D eigenvalue weighted by molar-refractivity contribution is 0.171. The average molecular weight is 233 g/mol. The summed E-state index contributed by atoms with van der Waals surface area (Å²) in [5.41, 5.74) is -0.103. The quantitative estimate of drug-likeness (QED) is 0.709. The van der Waals surface area contributed by atoms with Crippen LogP contribution in [0.3, 0.4) is 0 Å². The Hall–Kier alpha value is 0.270. The van der Waals surface area contributed by atoms with Crippen molar-refractivity contribution in [3.05, 3.63) is 0 Å². The Labute approximate surface area is 99.2 Å². The lowest BCUT2D eigenvalue weighted by Crippen LogP contribution is -2.46. The highest BCUT2D eigenvalue weighted by atomic mass is 32.2. The molecule has 2 N–H and O–H groups in total. The third-order valence-electron chi connectivity index (χ3n) is 2.34. The maximum absolute atomic E-state index is 9.37. The Kier molecular flexibility index (Phi) is 6.89. The van der Waals surface area contributed by atoms with Gasteiger partial charge in [-0.3, -0.25) is 0 Å². The topological polar surface area (TPSA) is 32.3 Å². The van der Waals surface area contributed by atoms with Crippen LogP contribution in [0.15, 0.2) is 0 Å². The van der Waals surface area contributed by atoms with E-state index < -0.39 is 0 Å². The van der Waals surface area contributed by atoms with Gasteiger partial charge in [0.05, 0.1) is 6.61 Å². The monoisotopic (exact) mass is 233 g/mol. The van der Waals surface area contributed by atoms with Crippen molar-refractivity contribution in [2.45, 2.75) is 57.7 Å². The van der Waals surface area contributed by atoms with Crippen LogP contribution in [0.25, 0.3) is 0 Å². The standard InChI is InChI=1S/C12H27NOS/c1-6-8-13-12(5,10-14)7-9-15-11(2,3)4/h13-14H,6-10H2,1-5H3. The van der Waals surface area contributed by atoms with Gasteiger partial charge >= 0.3 is 0 Å². The molecule has 0 aromatic rings. The number of aliphatic hydroxyl groups is 1. The van der Waals surface area contributed by atoms with E-state index in [0.29, 0.717) is 4.75 Å². The predicted molar refractivity (Wildman–Crippen MR) is 70.6 cm³/mol. The van der Waals surface area contributed by atoms with E-state index >= 15 is 0 Å². The summed E-state index contributed by atoms with van der Waals surface area (Å²) in [4.78, 5) is 0. The minimum absolute atomic E-state index is 0.103. The fraction of sp³-hybridized carbons (Fsp3) is 1.00. The zero-order valence-electron chi connectivity index (χ0n) is 10.9. The third-order valence-corrected chi connectivity index (χ3v) is 3.61. The third kappa shape index (κ3) is 8.12. The molecule has 1 atom stereocenters. The first-order valence-electron chi connectivity index (χ1n) is 5.83. The van der Waals surface area contributed by atoms with Gasteiger partial charge in [-0.05, 0) is 32.1 Å². The van der Waals surface area contributed by atoms with Crippen LogP contribution in [0.4, 0.5) is 0 Å². The van der Waals surface area contributed by atoms with Crippen LogP contribution < -0.4 is 5.32 Å². The Balaban J connectivity index is 3.87. The van der Waals surface area contributed by atoms with Crippen molar-refractivity contribution >= 4 is 11.8 Å². The van der Waals surface area contributed by atoms with E-state index in [1.807, 2.05) is 11.8 Å². The molecule has 0 aromatic carbocycles. The van der Waals surface area contributed by atoms with E-state index in [1.54, 1.807) is 0 Å². The summed E-state index contributed by atoms with van der Waals surface area (Å²) in [5.74, 6) is 1.09. The predicted octanol–water partition coefficient (Wildman–Crippen LogP) is 2.66. The fourth-order valence-electron chi connectivity index (χ4n) is 1.23. The molecule has 3 heteroatoms. The summed E-state index contributed by atoms with van der Waals surface area (Å²) in [6.45, 7) is 12.1. The van der Waals surface area contributed by atoms with E-state index in [2.05, 4.69) is 39.9 Å². The maximum Gasteiger partial charge on any atom is 0.0610 e. The molecule has 0 heterocycles. The zero-order valence-corrected chi connectivity index (χ0v) is 11.7. The van der Waals surface area contributed by atoms with Crippen LogP contribution in [0, 0.1) is 0 Å².